The van der Waals surface area contributed by atoms with Crippen LogP contribution in [0, 0.1) is 6.92 Å². The summed E-state index contributed by atoms with van der Waals surface area (Å²) in [4.78, 5) is 11.6. The van der Waals surface area contributed by atoms with Crippen LogP contribution in [0.25, 0.3) is 10.9 Å². The van der Waals surface area contributed by atoms with Crippen molar-refractivity contribution in [3.8, 4) is 0 Å². The summed E-state index contributed by atoms with van der Waals surface area (Å²) in [5.74, 6) is 3.32. The predicted molar refractivity (Wildman–Crippen MR) is 101 cm³/mol. The van der Waals surface area contributed by atoms with Gasteiger partial charge < -0.3 is 9.47 Å². The average Bonchev–Trinajstić information content (AvgIpc) is 3.22. The second kappa shape index (κ2) is 6.34. The molecule has 0 N–H and O–H groups in total. The van der Waals surface area contributed by atoms with Crippen LogP contribution in [-0.4, -0.2) is 31.3 Å². The number of benzene rings is 1. The highest BCUT2D eigenvalue weighted by molar-refractivity contribution is 5.91. The first kappa shape index (κ1) is 15.7. The van der Waals surface area contributed by atoms with Gasteiger partial charge in [0.15, 0.2) is 5.82 Å². The van der Waals surface area contributed by atoms with Gasteiger partial charge in [0.05, 0.1) is 11.6 Å². The minimum Gasteiger partial charge on any atom is -0.346 e. The lowest BCUT2D eigenvalue weighted by atomic mass is 10.1. The third kappa shape index (κ3) is 2.47. The van der Waals surface area contributed by atoms with Crippen LogP contribution in [0.3, 0.4) is 0 Å². The van der Waals surface area contributed by atoms with E-state index in [2.05, 4.69) is 54.8 Å². The normalized spacial score (nSPS) is 20.3. The summed E-state index contributed by atoms with van der Waals surface area (Å²) < 4.78 is 2.38. The molecule has 6 heteroatoms. The van der Waals surface area contributed by atoms with E-state index < -0.39 is 0 Å². The SMILES string of the molecule is Cc1cccc2c(N3CCC[C@H]3c3nnc4n3CCCCC4)ncnc12. The zero-order valence-electron chi connectivity index (χ0n) is 15.2. The first-order valence-corrected chi connectivity index (χ1v) is 9.72. The molecular formula is C20H24N6. The van der Waals surface area contributed by atoms with E-state index in [0.717, 1.165) is 60.7 Å². The Morgan fingerprint density at radius 1 is 1.00 bits per heavy atom. The number of fused-ring (bicyclic) bond motifs is 2. The molecule has 6 nitrogen and oxygen atoms in total. The number of anilines is 1. The van der Waals surface area contributed by atoms with Crippen LogP contribution in [0.5, 0.6) is 0 Å². The van der Waals surface area contributed by atoms with E-state index in [9.17, 15) is 0 Å². The molecule has 0 radical (unpaired) electrons. The zero-order chi connectivity index (χ0) is 17.5. The summed E-state index contributed by atoms with van der Waals surface area (Å²) in [7, 11) is 0. The number of hydrogen-bond acceptors (Lipinski definition) is 5. The van der Waals surface area contributed by atoms with Gasteiger partial charge in [0.25, 0.3) is 0 Å². The monoisotopic (exact) mass is 348 g/mol. The van der Waals surface area contributed by atoms with Crippen LogP contribution in [0.15, 0.2) is 24.5 Å². The number of hydrogen-bond donors (Lipinski definition) is 0. The van der Waals surface area contributed by atoms with Gasteiger partial charge in [0, 0.05) is 24.9 Å². The van der Waals surface area contributed by atoms with Crippen molar-refractivity contribution in [1.29, 1.82) is 0 Å². The molecule has 134 valence electrons. The molecule has 2 aromatic heterocycles. The Hall–Kier alpha value is -2.50. The van der Waals surface area contributed by atoms with Crippen LogP contribution in [0.4, 0.5) is 5.82 Å². The summed E-state index contributed by atoms with van der Waals surface area (Å²) in [6.07, 6.45) is 8.75. The highest BCUT2D eigenvalue weighted by atomic mass is 15.3. The predicted octanol–water partition coefficient (Wildman–Crippen LogP) is 3.60. The molecule has 0 amide bonds. The molecule has 0 bridgehead atoms. The summed E-state index contributed by atoms with van der Waals surface area (Å²) >= 11 is 0. The standard InChI is InChI=1S/C20H24N6/c1-14-7-5-8-15-18(14)21-13-22-19(15)25-12-6-9-16(25)20-24-23-17-10-3-2-4-11-26(17)20/h5,7-8,13,16H,2-4,6,9-12H2,1H3/t16-/m0/s1. The van der Waals surface area contributed by atoms with Crippen LogP contribution in [0.1, 0.15) is 55.4 Å². The molecule has 0 saturated carbocycles. The molecule has 0 spiro atoms. The van der Waals surface area contributed by atoms with Gasteiger partial charge >= 0.3 is 0 Å². The average molecular weight is 348 g/mol. The Kier molecular flexibility index (Phi) is 3.84. The molecule has 2 aliphatic rings. The van der Waals surface area contributed by atoms with E-state index in [1.165, 1.54) is 24.8 Å². The Balaban J connectivity index is 1.59. The lowest BCUT2D eigenvalue weighted by molar-refractivity contribution is 0.558. The lowest BCUT2D eigenvalue weighted by Gasteiger charge is -2.26. The number of rotatable bonds is 2. The second-order valence-electron chi connectivity index (χ2n) is 7.46. The van der Waals surface area contributed by atoms with Crippen molar-refractivity contribution in [3.05, 3.63) is 41.7 Å². The van der Waals surface area contributed by atoms with E-state index in [1.807, 2.05) is 0 Å². The summed E-state index contributed by atoms with van der Waals surface area (Å²) in [6, 6.07) is 6.60. The number of para-hydroxylation sites is 1. The van der Waals surface area contributed by atoms with Gasteiger partial charge in [0.1, 0.15) is 18.0 Å². The fourth-order valence-corrected chi connectivity index (χ4v) is 4.49. The highest BCUT2D eigenvalue weighted by Crippen LogP contribution is 2.38. The van der Waals surface area contributed by atoms with Crippen molar-refractivity contribution in [2.75, 3.05) is 11.4 Å². The van der Waals surface area contributed by atoms with Gasteiger partial charge in [-0.3, -0.25) is 0 Å². The van der Waals surface area contributed by atoms with Crippen molar-refractivity contribution < 1.29 is 0 Å². The van der Waals surface area contributed by atoms with E-state index in [0.29, 0.717) is 0 Å². The Morgan fingerprint density at radius 3 is 2.92 bits per heavy atom. The van der Waals surface area contributed by atoms with Gasteiger partial charge in [-0.15, -0.1) is 10.2 Å². The number of aryl methyl sites for hydroxylation is 2. The second-order valence-corrected chi connectivity index (χ2v) is 7.46. The first-order valence-electron chi connectivity index (χ1n) is 9.72. The Morgan fingerprint density at radius 2 is 1.96 bits per heavy atom. The molecule has 4 heterocycles. The van der Waals surface area contributed by atoms with Crippen molar-refractivity contribution in [2.45, 2.75) is 58.0 Å². The molecule has 2 aliphatic heterocycles. The van der Waals surface area contributed by atoms with Gasteiger partial charge in [-0.1, -0.05) is 18.6 Å². The van der Waals surface area contributed by atoms with Crippen LogP contribution >= 0.6 is 0 Å². The van der Waals surface area contributed by atoms with Gasteiger partial charge in [-0.2, -0.15) is 0 Å². The maximum Gasteiger partial charge on any atom is 0.155 e. The van der Waals surface area contributed by atoms with Crippen LogP contribution < -0.4 is 4.90 Å². The molecule has 1 saturated heterocycles. The molecule has 1 fully saturated rings. The molecular weight excluding hydrogens is 324 g/mol. The minimum atomic E-state index is 0.257. The summed E-state index contributed by atoms with van der Waals surface area (Å²) in [5.41, 5.74) is 2.24. The van der Waals surface area contributed by atoms with Gasteiger partial charge in [0.2, 0.25) is 0 Å². The topological polar surface area (TPSA) is 59.7 Å². The molecule has 5 rings (SSSR count). The van der Waals surface area contributed by atoms with E-state index >= 15 is 0 Å². The van der Waals surface area contributed by atoms with E-state index in [1.54, 1.807) is 6.33 Å². The molecule has 1 aromatic carbocycles. The maximum atomic E-state index is 4.68. The molecule has 0 unspecified atom stereocenters. The Labute approximate surface area is 153 Å². The molecule has 0 aliphatic carbocycles. The molecule has 26 heavy (non-hydrogen) atoms. The minimum absolute atomic E-state index is 0.257. The van der Waals surface area contributed by atoms with Gasteiger partial charge in [-0.25, -0.2) is 9.97 Å². The fourth-order valence-electron chi connectivity index (χ4n) is 4.49. The smallest absolute Gasteiger partial charge is 0.155 e. The lowest BCUT2D eigenvalue weighted by Crippen LogP contribution is -2.26. The fraction of sp³-hybridized carbons (Fsp3) is 0.500. The highest BCUT2D eigenvalue weighted by Gasteiger charge is 2.33. The summed E-state index contributed by atoms with van der Waals surface area (Å²) in [5, 5.41) is 10.3. The maximum absolute atomic E-state index is 4.68. The molecule has 3 aromatic rings. The molecule has 1 atom stereocenters. The quantitative estimate of drug-likeness (QED) is 0.708. The first-order chi connectivity index (χ1) is 12.8. The van der Waals surface area contributed by atoms with Gasteiger partial charge in [-0.05, 0) is 44.2 Å². The van der Waals surface area contributed by atoms with Crippen molar-refractivity contribution in [1.82, 2.24) is 24.7 Å². The van der Waals surface area contributed by atoms with E-state index in [4.69, 9.17) is 0 Å². The van der Waals surface area contributed by atoms with Crippen molar-refractivity contribution in [3.63, 3.8) is 0 Å². The van der Waals surface area contributed by atoms with E-state index in [-0.39, 0.29) is 6.04 Å². The Bertz CT molecular complexity index is 947. The largest absolute Gasteiger partial charge is 0.346 e. The van der Waals surface area contributed by atoms with Crippen molar-refractivity contribution in [2.24, 2.45) is 0 Å². The number of aromatic nitrogens is 5. The summed E-state index contributed by atoms with van der Waals surface area (Å²) in [6.45, 7) is 4.16. The van der Waals surface area contributed by atoms with Crippen LogP contribution in [0.2, 0.25) is 0 Å². The zero-order valence-corrected chi connectivity index (χ0v) is 15.2. The third-order valence-corrected chi connectivity index (χ3v) is 5.81. The van der Waals surface area contributed by atoms with Crippen molar-refractivity contribution >= 4 is 16.7 Å². The number of nitrogens with zero attached hydrogens (tertiary/aromatic N) is 6. The van der Waals surface area contributed by atoms with Crippen LogP contribution in [-0.2, 0) is 13.0 Å². The third-order valence-electron chi connectivity index (χ3n) is 5.81.